The second kappa shape index (κ2) is 6.73. The Morgan fingerprint density at radius 2 is 1.91 bits per heavy atom. The molecule has 1 aromatic rings. The lowest BCUT2D eigenvalue weighted by Crippen LogP contribution is -2.44. The molecule has 0 radical (unpaired) electrons. The summed E-state index contributed by atoms with van der Waals surface area (Å²) in [6.45, 7) is 2.25. The summed E-state index contributed by atoms with van der Waals surface area (Å²) < 4.78 is 26.0. The number of carbonyl (C=O) groups is 1. The van der Waals surface area contributed by atoms with E-state index < -0.39 is 11.6 Å². The molecule has 1 heterocycles. The van der Waals surface area contributed by atoms with Gasteiger partial charge in [0.2, 0.25) is 5.91 Å². The highest BCUT2D eigenvalue weighted by molar-refractivity contribution is 5.92. The Labute approximate surface area is 129 Å². The summed E-state index contributed by atoms with van der Waals surface area (Å²) in [7, 11) is 0. The van der Waals surface area contributed by atoms with E-state index in [2.05, 4.69) is 10.2 Å². The van der Waals surface area contributed by atoms with Crippen LogP contribution >= 0.6 is 0 Å². The third-order valence-electron chi connectivity index (χ3n) is 4.95. The third-order valence-corrected chi connectivity index (χ3v) is 4.95. The fourth-order valence-electron chi connectivity index (χ4n) is 3.80. The van der Waals surface area contributed by atoms with Gasteiger partial charge in [0.05, 0.1) is 6.54 Å². The van der Waals surface area contributed by atoms with E-state index in [0.29, 0.717) is 12.2 Å². The van der Waals surface area contributed by atoms with E-state index >= 15 is 0 Å². The van der Waals surface area contributed by atoms with Crippen LogP contribution in [0.15, 0.2) is 18.2 Å². The van der Waals surface area contributed by atoms with Gasteiger partial charge in [-0.15, -0.1) is 0 Å². The zero-order valence-electron chi connectivity index (χ0n) is 12.7. The minimum Gasteiger partial charge on any atom is -0.325 e. The molecule has 1 aliphatic carbocycles. The van der Waals surface area contributed by atoms with Gasteiger partial charge in [0.1, 0.15) is 0 Å². The fourth-order valence-corrected chi connectivity index (χ4v) is 3.80. The highest BCUT2D eigenvalue weighted by atomic mass is 19.2. The lowest BCUT2D eigenvalue weighted by atomic mass is 9.75. The Balaban J connectivity index is 1.52. The van der Waals surface area contributed by atoms with Crippen molar-refractivity contribution in [3.8, 4) is 0 Å². The van der Waals surface area contributed by atoms with Crippen molar-refractivity contribution in [1.29, 1.82) is 0 Å². The molecule has 1 aromatic carbocycles. The van der Waals surface area contributed by atoms with Crippen LogP contribution in [-0.2, 0) is 4.79 Å². The molecule has 1 aliphatic heterocycles. The highest BCUT2D eigenvalue weighted by Crippen LogP contribution is 2.35. The van der Waals surface area contributed by atoms with Gasteiger partial charge < -0.3 is 5.32 Å². The van der Waals surface area contributed by atoms with E-state index in [4.69, 9.17) is 0 Å². The van der Waals surface area contributed by atoms with Crippen molar-refractivity contribution in [2.75, 3.05) is 25.0 Å². The SMILES string of the molecule is O=C(CN1CC[C@@H]2CCCC[C@H]2C1)Nc1ccc(F)c(F)c1. The molecular weight excluding hydrogens is 286 g/mol. The average molecular weight is 308 g/mol. The first kappa shape index (κ1) is 15.4. The van der Waals surface area contributed by atoms with Crippen molar-refractivity contribution >= 4 is 11.6 Å². The smallest absolute Gasteiger partial charge is 0.238 e. The Kier molecular flexibility index (Phi) is 4.71. The molecule has 0 unspecified atom stereocenters. The van der Waals surface area contributed by atoms with Crippen molar-refractivity contribution in [2.24, 2.45) is 11.8 Å². The maximum absolute atomic E-state index is 13.1. The van der Waals surface area contributed by atoms with Crippen LogP contribution in [0, 0.1) is 23.5 Å². The Bertz CT molecular complexity index is 549. The predicted molar refractivity (Wildman–Crippen MR) is 81.5 cm³/mol. The van der Waals surface area contributed by atoms with Crippen LogP contribution in [0.4, 0.5) is 14.5 Å². The largest absolute Gasteiger partial charge is 0.325 e. The van der Waals surface area contributed by atoms with Gasteiger partial charge in [0.15, 0.2) is 11.6 Å². The van der Waals surface area contributed by atoms with Gasteiger partial charge in [-0.3, -0.25) is 9.69 Å². The number of hydrogen-bond donors (Lipinski definition) is 1. The summed E-state index contributed by atoms with van der Waals surface area (Å²) in [4.78, 5) is 14.3. The summed E-state index contributed by atoms with van der Waals surface area (Å²) in [6.07, 6.45) is 6.42. The van der Waals surface area contributed by atoms with E-state index in [1.165, 1.54) is 38.2 Å². The molecule has 1 N–H and O–H groups in total. The molecule has 2 atom stereocenters. The normalized spacial score (nSPS) is 25.5. The first-order valence-corrected chi connectivity index (χ1v) is 8.09. The first-order valence-electron chi connectivity index (χ1n) is 8.09. The molecule has 1 amide bonds. The number of piperidine rings is 1. The minimum atomic E-state index is -0.944. The molecule has 0 aromatic heterocycles. The topological polar surface area (TPSA) is 32.3 Å². The molecule has 22 heavy (non-hydrogen) atoms. The molecular formula is C17H22F2N2O. The quantitative estimate of drug-likeness (QED) is 0.928. The van der Waals surface area contributed by atoms with E-state index in [9.17, 15) is 13.6 Å². The van der Waals surface area contributed by atoms with Crippen LogP contribution in [0.3, 0.4) is 0 Å². The number of fused-ring (bicyclic) bond motifs is 1. The van der Waals surface area contributed by atoms with Gasteiger partial charge in [0, 0.05) is 18.3 Å². The number of likely N-dealkylation sites (tertiary alicyclic amines) is 1. The summed E-state index contributed by atoms with van der Waals surface area (Å²) in [5, 5.41) is 2.64. The van der Waals surface area contributed by atoms with Gasteiger partial charge in [0.25, 0.3) is 0 Å². The summed E-state index contributed by atoms with van der Waals surface area (Å²) >= 11 is 0. The molecule has 1 saturated carbocycles. The number of nitrogens with zero attached hydrogens (tertiary/aromatic N) is 1. The molecule has 2 fully saturated rings. The number of hydrogen-bond acceptors (Lipinski definition) is 2. The van der Waals surface area contributed by atoms with E-state index in [-0.39, 0.29) is 5.91 Å². The van der Waals surface area contributed by atoms with Gasteiger partial charge in [-0.1, -0.05) is 19.3 Å². The number of carbonyl (C=O) groups excluding carboxylic acids is 1. The number of amides is 1. The van der Waals surface area contributed by atoms with Gasteiger partial charge in [-0.05, 0) is 43.4 Å². The molecule has 0 bridgehead atoms. The van der Waals surface area contributed by atoms with E-state index in [1.807, 2.05) is 0 Å². The Hall–Kier alpha value is -1.49. The lowest BCUT2D eigenvalue weighted by Gasteiger charge is -2.41. The van der Waals surface area contributed by atoms with Crippen molar-refractivity contribution in [3.05, 3.63) is 29.8 Å². The predicted octanol–water partition coefficient (Wildman–Crippen LogP) is 3.42. The van der Waals surface area contributed by atoms with Crippen molar-refractivity contribution < 1.29 is 13.6 Å². The second-order valence-corrected chi connectivity index (χ2v) is 6.51. The van der Waals surface area contributed by atoms with Crippen LogP contribution in [0.5, 0.6) is 0 Å². The molecule has 3 rings (SSSR count). The first-order chi connectivity index (χ1) is 10.6. The van der Waals surface area contributed by atoms with Gasteiger partial charge in [-0.2, -0.15) is 0 Å². The summed E-state index contributed by atoms with van der Waals surface area (Å²) in [5.74, 6) is -0.462. The fraction of sp³-hybridized carbons (Fsp3) is 0.588. The van der Waals surface area contributed by atoms with Crippen molar-refractivity contribution in [1.82, 2.24) is 4.90 Å². The van der Waals surface area contributed by atoms with E-state index in [1.54, 1.807) is 0 Å². The standard InChI is InChI=1S/C17H22F2N2O/c18-15-6-5-14(9-16(15)19)20-17(22)11-21-8-7-12-3-1-2-4-13(12)10-21/h5-6,9,12-13H,1-4,7-8,10-11H2,(H,20,22)/t12-,13-/m0/s1. The molecule has 3 nitrogen and oxygen atoms in total. The molecule has 5 heteroatoms. The number of benzene rings is 1. The lowest BCUT2D eigenvalue weighted by molar-refractivity contribution is -0.118. The summed E-state index contributed by atoms with van der Waals surface area (Å²) in [5.41, 5.74) is 0.302. The number of nitrogens with one attached hydrogen (secondary N) is 1. The Morgan fingerprint density at radius 1 is 1.14 bits per heavy atom. The van der Waals surface area contributed by atoms with Gasteiger partial charge in [-0.25, -0.2) is 8.78 Å². The number of halogens is 2. The van der Waals surface area contributed by atoms with Crippen molar-refractivity contribution in [3.63, 3.8) is 0 Å². The minimum absolute atomic E-state index is 0.166. The van der Waals surface area contributed by atoms with Crippen LogP contribution in [0.2, 0.25) is 0 Å². The van der Waals surface area contributed by atoms with E-state index in [0.717, 1.165) is 37.1 Å². The highest BCUT2D eigenvalue weighted by Gasteiger charge is 2.31. The van der Waals surface area contributed by atoms with Crippen LogP contribution < -0.4 is 5.32 Å². The molecule has 2 aliphatic rings. The third kappa shape index (κ3) is 3.64. The van der Waals surface area contributed by atoms with Crippen LogP contribution in [0.1, 0.15) is 32.1 Å². The number of anilines is 1. The van der Waals surface area contributed by atoms with Gasteiger partial charge >= 0.3 is 0 Å². The molecule has 1 saturated heterocycles. The van der Waals surface area contributed by atoms with Crippen molar-refractivity contribution in [2.45, 2.75) is 32.1 Å². The molecule has 120 valence electrons. The maximum Gasteiger partial charge on any atom is 0.238 e. The average Bonchev–Trinajstić information content (AvgIpc) is 2.51. The maximum atomic E-state index is 13.1. The zero-order chi connectivity index (χ0) is 15.5. The second-order valence-electron chi connectivity index (χ2n) is 6.51. The number of rotatable bonds is 3. The monoisotopic (exact) mass is 308 g/mol. The van der Waals surface area contributed by atoms with Crippen LogP contribution in [0.25, 0.3) is 0 Å². The summed E-state index contributed by atoms with van der Waals surface area (Å²) in [6, 6.07) is 3.42. The van der Waals surface area contributed by atoms with Crippen LogP contribution in [-0.4, -0.2) is 30.4 Å². The zero-order valence-corrected chi connectivity index (χ0v) is 12.7. The molecule has 0 spiro atoms. The Morgan fingerprint density at radius 3 is 2.68 bits per heavy atom.